The minimum Gasteiger partial charge on any atom is -0.480 e. The van der Waals surface area contributed by atoms with E-state index in [9.17, 15) is 14.7 Å². The topological polar surface area (TPSA) is 63.6 Å². The Hall–Kier alpha value is -0.580. The summed E-state index contributed by atoms with van der Waals surface area (Å²) in [6, 6.07) is 0. The first-order valence-electron chi connectivity index (χ1n) is 6.41. The fraction of sp³-hybridized carbons (Fsp3) is 0.846. The molecule has 2 unspecified atom stereocenters. The number of hydrogen-bond donors (Lipinski definition) is 1. The molecule has 1 N–H and O–H groups in total. The lowest BCUT2D eigenvalue weighted by molar-refractivity contribution is -0.160. The van der Waals surface area contributed by atoms with Crippen molar-refractivity contribution in [3.05, 3.63) is 0 Å². The monoisotopic (exact) mass is 322 g/mol. The maximum atomic E-state index is 12.0. The Bertz CT molecular complexity index is 291. The maximum absolute atomic E-state index is 12.0. The van der Waals surface area contributed by atoms with Crippen LogP contribution in [0.15, 0.2) is 0 Å². The number of carboxylic acids is 1. The molecule has 0 saturated carbocycles. The van der Waals surface area contributed by atoms with Crippen LogP contribution in [0.2, 0.25) is 0 Å². The second-order valence-corrected chi connectivity index (χ2v) is 6.28. The van der Waals surface area contributed by atoms with Gasteiger partial charge >= 0.3 is 11.9 Å². The van der Waals surface area contributed by atoms with E-state index in [-0.39, 0.29) is 18.4 Å². The zero-order valence-electron chi connectivity index (χ0n) is 11.5. The molecule has 0 aromatic carbocycles. The van der Waals surface area contributed by atoms with Crippen LogP contribution in [-0.4, -0.2) is 27.5 Å². The Kier molecular flexibility index (Phi) is 7.52. The van der Waals surface area contributed by atoms with Gasteiger partial charge in [-0.25, -0.2) is 4.79 Å². The fourth-order valence-electron chi connectivity index (χ4n) is 1.73. The highest BCUT2D eigenvalue weighted by molar-refractivity contribution is 9.10. The van der Waals surface area contributed by atoms with E-state index in [2.05, 4.69) is 15.9 Å². The molecular formula is C13H23BrO4. The molecule has 0 heterocycles. The molecule has 0 aliphatic heterocycles. The van der Waals surface area contributed by atoms with Gasteiger partial charge in [-0.15, -0.1) is 0 Å². The first-order valence-corrected chi connectivity index (χ1v) is 7.20. The second kappa shape index (κ2) is 7.77. The van der Waals surface area contributed by atoms with Gasteiger partial charge in [0.25, 0.3) is 0 Å². The van der Waals surface area contributed by atoms with Crippen molar-refractivity contribution in [2.45, 2.75) is 63.8 Å². The van der Waals surface area contributed by atoms with Gasteiger partial charge in [0.1, 0.15) is 6.10 Å². The fourth-order valence-corrected chi connectivity index (χ4v) is 2.47. The van der Waals surface area contributed by atoms with Gasteiger partial charge in [0.2, 0.25) is 4.32 Å². The smallest absolute Gasteiger partial charge is 0.334 e. The number of carbonyl (C=O) groups is 2. The van der Waals surface area contributed by atoms with Crippen molar-refractivity contribution in [2.24, 2.45) is 5.92 Å². The Labute approximate surface area is 117 Å². The van der Waals surface area contributed by atoms with E-state index in [1.807, 2.05) is 27.7 Å². The molecule has 0 spiro atoms. The number of esters is 1. The summed E-state index contributed by atoms with van der Waals surface area (Å²) in [7, 11) is 0. The van der Waals surface area contributed by atoms with E-state index < -0.39 is 16.3 Å². The minimum absolute atomic E-state index is 0.0827. The van der Waals surface area contributed by atoms with Crippen LogP contribution in [0.3, 0.4) is 0 Å². The third-order valence-corrected chi connectivity index (χ3v) is 3.68. The summed E-state index contributed by atoms with van der Waals surface area (Å²) >= 11 is 3.05. The summed E-state index contributed by atoms with van der Waals surface area (Å²) in [5, 5.41) is 9.22. The van der Waals surface area contributed by atoms with Gasteiger partial charge in [0, 0.05) is 0 Å². The normalized spacial score (nSPS) is 16.1. The minimum atomic E-state index is -1.62. The van der Waals surface area contributed by atoms with Crippen LogP contribution in [0.5, 0.6) is 0 Å². The van der Waals surface area contributed by atoms with Crippen molar-refractivity contribution < 1.29 is 19.4 Å². The highest BCUT2D eigenvalue weighted by Gasteiger charge is 2.46. The molecule has 0 rings (SSSR count). The predicted molar refractivity (Wildman–Crippen MR) is 73.8 cm³/mol. The number of halogens is 1. The average Bonchev–Trinajstić information content (AvgIpc) is 2.26. The lowest BCUT2D eigenvalue weighted by Gasteiger charge is -2.25. The standard InChI is InChI=1S/C13H23BrO4/c1-5-7-10(6-2)18-12(17)13(14,11(15)16)8-9(3)4/h9-10H,5-8H2,1-4H3,(H,15,16). The van der Waals surface area contributed by atoms with E-state index in [0.29, 0.717) is 6.42 Å². The predicted octanol–water partition coefficient (Wildman–Crippen LogP) is 3.37. The summed E-state index contributed by atoms with van der Waals surface area (Å²) in [4.78, 5) is 23.3. The summed E-state index contributed by atoms with van der Waals surface area (Å²) in [5.41, 5.74) is 0. The largest absolute Gasteiger partial charge is 0.480 e. The average molecular weight is 323 g/mol. The molecule has 0 aliphatic rings. The number of carbonyl (C=O) groups excluding carboxylic acids is 1. The molecule has 106 valence electrons. The van der Waals surface area contributed by atoms with E-state index in [1.165, 1.54) is 0 Å². The van der Waals surface area contributed by atoms with Gasteiger partial charge in [-0.3, -0.25) is 4.79 Å². The molecule has 18 heavy (non-hydrogen) atoms. The van der Waals surface area contributed by atoms with Crippen LogP contribution < -0.4 is 0 Å². The molecule has 0 aromatic rings. The SMILES string of the molecule is CCCC(CC)OC(=O)C(Br)(CC(C)C)C(=O)O. The quantitative estimate of drug-likeness (QED) is 0.422. The Balaban J connectivity index is 4.81. The first kappa shape index (κ1) is 17.4. The van der Waals surface area contributed by atoms with Gasteiger partial charge in [0.05, 0.1) is 0 Å². The summed E-state index contributed by atoms with van der Waals surface area (Å²) in [6.45, 7) is 7.67. The first-order chi connectivity index (χ1) is 8.27. The lowest BCUT2D eigenvalue weighted by atomic mass is 9.97. The van der Waals surface area contributed by atoms with Crippen molar-refractivity contribution >= 4 is 27.9 Å². The molecule has 2 atom stereocenters. The van der Waals surface area contributed by atoms with Crippen molar-refractivity contribution in [3.8, 4) is 0 Å². The van der Waals surface area contributed by atoms with Crippen LogP contribution in [0.4, 0.5) is 0 Å². The van der Waals surface area contributed by atoms with Crippen LogP contribution in [0, 0.1) is 5.92 Å². The third-order valence-electron chi connectivity index (χ3n) is 2.69. The highest BCUT2D eigenvalue weighted by atomic mass is 79.9. The molecule has 0 bridgehead atoms. The van der Waals surface area contributed by atoms with Crippen LogP contribution >= 0.6 is 15.9 Å². The third kappa shape index (κ3) is 4.96. The lowest BCUT2D eigenvalue weighted by Crippen LogP contribution is -2.44. The second-order valence-electron chi connectivity index (χ2n) is 4.93. The number of alkyl halides is 1. The summed E-state index contributed by atoms with van der Waals surface area (Å²) in [6.07, 6.45) is 2.37. The van der Waals surface area contributed by atoms with E-state index in [1.54, 1.807) is 0 Å². The van der Waals surface area contributed by atoms with Crippen molar-refractivity contribution in [1.29, 1.82) is 0 Å². The maximum Gasteiger partial charge on any atom is 0.334 e. The summed E-state index contributed by atoms with van der Waals surface area (Å²) in [5.74, 6) is -1.80. The van der Waals surface area contributed by atoms with Crippen molar-refractivity contribution in [3.63, 3.8) is 0 Å². The van der Waals surface area contributed by atoms with Crippen LogP contribution in [-0.2, 0) is 14.3 Å². The number of aliphatic carboxylic acids is 1. The Morgan fingerprint density at radius 1 is 1.33 bits per heavy atom. The van der Waals surface area contributed by atoms with Gasteiger partial charge < -0.3 is 9.84 Å². The number of carboxylic acid groups (broad SMARTS) is 1. The van der Waals surface area contributed by atoms with E-state index in [0.717, 1.165) is 12.8 Å². The molecule has 0 aromatic heterocycles. The van der Waals surface area contributed by atoms with Crippen molar-refractivity contribution in [2.75, 3.05) is 0 Å². The van der Waals surface area contributed by atoms with Crippen LogP contribution in [0.25, 0.3) is 0 Å². The highest BCUT2D eigenvalue weighted by Crippen LogP contribution is 2.30. The Morgan fingerprint density at radius 2 is 1.89 bits per heavy atom. The van der Waals surface area contributed by atoms with Crippen LogP contribution in [0.1, 0.15) is 53.4 Å². The van der Waals surface area contributed by atoms with Crippen molar-refractivity contribution in [1.82, 2.24) is 0 Å². The van der Waals surface area contributed by atoms with Gasteiger partial charge in [-0.1, -0.05) is 50.0 Å². The van der Waals surface area contributed by atoms with Gasteiger partial charge in [-0.05, 0) is 25.2 Å². The van der Waals surface area contributed by atoms with Gasteiger partial charge in [-0.2, -0.15) is 0 Å². The number of ether oxygens (including phenoxy) is 1. The molecular weight excluding hydrogens is 300 g/mol. The zero-order valence-corrected chi connectivity index (χ0v) is 13.1. The number of hydrogen-bond acceptors (Lipinski definition) is 3. The van der Waals surface area contributed by atoms with E-state index in [4.69, 9.17) is 4.74 Å². The molecule has 4 nitrogen and oxygen atoms in total. The van der Waals surface area contributed by atoms with E-state index >= 15 is 0 Å². The molecule has 5 heteroatoms. The molecule has 0 fully saturated rings. The van der Waals surface area contributed by atoms with Gasteiger partial charge in [0.15, 0.2) is 0 Å². The molecule has 0 aliphatic carbocycles. The Morgan fingerprint density at radius 3 is 2.22 bits per heavy atom. The number of rotatable bonds is 8. The molecule has 0 amide bonds. The molecule has 0 radical (unpaired) electrons. The summed E-state index contributed by atoms with van der Waals surface area (Å²) < 4.78 is 3.68. The zero-order chi connectivity index (χ0) is 14.3. The molecule has 0 saturated heterocycles.